The summed E-state index contributed by atoms with van der Waals surface area (Å²) in [5, 5.41) is 11.5. The molecule has 13 heteroatoms. The van der Waals surface area contributed by atoms with Gasteiger partial charge in [-0.2, -0.15) is 0 Å². The van der Waals surface area contributed by atoms with Crippen molar-refractivity contribution in [1.82, 2.24) is 24.7 Å². The second kappa shape index (κ2) is 21.1. The van der Waals surface area contributed by atoms with E-state index in [1.54, 1.807) is 28.6 Å². The van der Waals surface area contributed by atoms with Crippen LogP contribution in [0.15, 0.2) is 23.1 Å². The van der Waals surface area contributed by atoms with Crippen LogP contribution < -0.4 is 10.7 Å². The van der Waals surface area contributed by atoms with Crippen molar-refractivity contribution in [1.29, 1.82) is 0 Å². The van der Waals surface area contributed by atoms with Crippen molar-refractivity contribution in [2.45, 2.75) is 97.9 Å². The fourth-order valence-electron chi connectivity index (χ4n) is 5.17. The first kappa shape index (κ1) is 39.3. The summed E-state index contributed by atoms with van der Waals surface area (Å²) in [6.45, 7) is 11.7. The van der Waals surface area contributed by atoms with Crippen molar-refractivity contribution in [3.63, 3.8) is 0 Å². The van der Waals surface area contributed by atoms with Crippen LogP contribution >= 0.6 is 0 Å². The number of rotatable bonds is 15. The summed E-state index contributed by atoms with van der Waals surface area (Å²) in [4.78, 5) is 77.2. The van der Waals surface area contributed by atoms with Crippen molar-refractivity contribution in [2.24, 2.45) is 7.05 Å². The van der Waals surface area contributed by atoms with E-state index in [2.05, 4.69) is 10.3 Å². The van der Waals surface area contributed by atoms with Crippen LogP contribution in [-0.4, -0.2) is 93.6 Å². The van der Waals surface area contributed by atoms with Gasteiger partial charge in [-0.25, -0.2) is 14.8 Å². The lowest BCUT2D eigenvalue weighted by Gasteiger charge is -2.30. The molecule has 2 saturated heterocycles. The second-order valence-electron chi connectivity index (χ2n) is 11.5. The fourth-order valence-corrected chi connectivity index (χ4v) is 5.17. The van der Waals surface area contributed by atoms with Crippen molar-refractivity contribution < 1.29 is 34.1 Å². The molecule has 3 amide bonds. The molecule has 262 valence electrons. The number of nitrogens with zero attached hydrogens (tertiary/aromatic N) is 4. The molecular formula is C34H53N5O8. The maximum atomic E-state index is 12.7. The number of carbonyl (C=O) groups is 4. The van der Waals surface area contributed by atoms with Crippen LogP contribution in [0.5, 0.6) is 0 Å². The zero-order chi connectivity index (χ0) is 34.8. The lowest BCUT2D eigenvalue weighted by molar-refractivity contribution is -0.299. The van der Waals surface area contributed by atoms with Gasteiger partial charge in [-0.3, -0.25) is 24.0 Å². The number of nitrogens with one attached hydrogen (secondary N) is 1. The third-order valence-electron chi connectivity index (χ3n) is 7.85. The van der Waals surface area contributed by atoms with Gasteiger partial charge in [-0.05, 0) is 57.6 Å². The minimum Gasteiger partial charge on any atom is -0.481 e. The molecule has 2 aromatic rings. The molecule has 2 fully saturated rings. The number of aromatic nitrogens is 2. The number of fused-ring (bicyclic) bond motifs is 1. The molecule has 4 rings (SSSR count). The van der Waals surface area contributed by atoms with Crippen LogP contribution in [0, 0.1) is 6.92 Å². The molecule has 0 bridgehead atoms. The quantitative estimate of drug-likeness (QED) is 0.164. The van der Waals surface area contributed by atoms with Gasteiger partial charge in [-0.1, -0.05) is 27.2 Å². The molecule has 2 aromatic heterocycles. The first-order valence-corrected chi connectivity index (χ1v) is 16.9. The number of hydrogen-bond acceptors (Lipinski definition) is 8. The summed E-state index contributed by atoms with van der Waals surface area (Å²) in [6.07, 6.45) is 8.32. The Hall–Kier alpha value is -3.84. The van der Waals surface area contributed by atoms with Gasteiger partial charge in [0.25, 0.3) is 5.91 Å². The summed E-state index contributed by atoms with van der Waals surface area (Å²) in [7, 11) is 1.78. The van der Waals surface area contributed by atoms with Crippen LogP contribution in [0.1, 0.15) is 101 Å². The van der Waals surface area contributed by atoms with Crippen LogP contribution in [0.3, 0.4) is 0 Å². The number of likely N-dealkylation sites (tertiary alicyclic amines) is 2. The number of unbranched alkanes of at least 4 members (excludes halogenated alkanes) is 2. The number of carboxylic acids is 1. The van der Waals surface area contributed by atoms with Crippen LogP contribution in [0.25, 0.3) is 11.0 Å². The van der Waals surface area contributed by atoms with E-state index in [0.717, 1.165) is 70.3 Å². The zero-order valence-electron chi connectivity index (χ0n) is 28.7. The summed E-state index contributed by atoms with van der Waals surface area (Å²) in [5.74, 6) is -1.17. The number of aliphatic carboxylic acids is 1. The van der Waals surface area contributed by atoms with Gasteiger partial charge >= 0.3 is 5.97 Å². The Kier molecular flexibility index (Phi) is 17.7. The molecule has 4 heterocycles. The molecule has 1 unspecified atom stereocenters. The van der Waals surface area contributed by atoms with E-state index in [1.807, 2.05) is 32.6 Å². The zero-order valence-corrected chi connectivity index (χ0v) is 28.7. The van der Waals surface area contributed by atoms with E-state index in [-0.39, 0.29) is 47.6 Å². The molecular weight excluding hydrogens is 606 g/mol. The third kappa shape index (κ3) is 12.7. The Labute approximate surface area is 277 Å². The van der Waals surface area contributed by atoms with Crippen LogP contribution in [0.4, 0.5) is 0 Å². The Bertz CT molecular complexity index is 1370. The van der Waals surface area contributed by atoms with E-state index in [4.69, 9.17) is 14.9 Å². The first-order valence-electron chi connectivity index (χ1n) is 16.9. The van der Waals surface area contributed by atoms with Gasteiger partial charge in [-0.15, -0.1) is 0 Å². The van der Waals surface area contributed by atoms with E-state index >= 15 is 0 Å². The van der Waals surface area contributed by atoms with Gasteiger partial charge in [0.05, 0.1) is 24.5 Å². The molecule has 0 aromatic carbocycles. The van der Waals surface area contributed by atoms with Gasteiger partial charge in [0.15, 0.2) is 0 Å². The largest absolute Gasteiger partial charge is 0.481 e. The standard InChI is InChI=1S/C25H36N4O5.C7H11NO3.C2H6/c1-4-15-33-34-17-19-9-8-14-29(19)22(30)10-6-5-7-13-26-25(32)21-16-28(3)24-20(23(21)31)12-11-18(2)27-24;9-6(2-3-7(10)11)8-4-1-5-8;1-2/h11-12,16,19H,4-10,13-15,17H2,1-3H3,(H,26,32);1-5H2,(H,10,11);1-2H3. The molecule has 0 spiro atoms. The Balaban J connectivity index is 0.000000496. The van der Waals surface area contributed by atoms with Crippen molar-refractivity contribution in [2.75, 3.05) is 39.4 Å². The summed E-state index contributed by atoms with van der Waals surface area (Å²) < 4.78 is 1.71. The van der Waals surface area contributed by atoms with Crippen molar-refractivity contribution >= 4 is 34.7 Å². The fraction of sp³-hybridized carbons (Fsp3) is 0.647. The first-order chi connectivity index (χ1) is 22.6. The Morgan fingerprint density at radius 3 is 2.38 bits per heavy atom. The molecule has 47 heavy (non-hydrogen) atoms. The number of pyridine rings is 2. The Morgan fingerprint density at radius 1 is 0.979 bits per heavy atom. The summed E-state index contributed by atoms with van der Waals surface area (Å²) >= 11 is 0. The van der Waals surface area contributed by atoms with Crippen molar-refractivity contribution in [3.8, 4) is 0 Å². The van der Waals surface area contributed by atoms with E-state index in [9.17, 15) is 24.0 Å². The lowest BCUT2D eigenvalue weighted by atomic mass is 10.1. The van der Waals surface area contributed by atoms with E-state index < -0.39 is 5.97 Å². The molecule has 0 saturated carbocycles. The maximum absolute atomic E-state index is 12.7. The number of carboxylic acid groups (broad SMARTS) is 1. The Morgan fingerprint density at radius 2 is 1.72 bits per heavy atom. The highest BCUT2D eigenvalue weighted by Crippen LogP contribution is 2.20. The highest BCUT2D eigenvalue weighted by molar-refractivity contribution is 5.96. The molecule has 2 N–H and O–H groups in total. The van der Waals surface area contributed by atoms with Gasteiger partial charge in [0.2, 0.25) is 17.2 Å². The highest BCUT2D eigenvalue weighted by atomic mass is 17.2. The molecule has 13 nitrogen and oxygen atoms in total. The third-order valence-corrected chi connectivity index (χ3v) is 7.85. The minimum atomic E-state index is -0.904. The smallest absolute Gasteiger partial charge is 0.303 e. The SMILES string of the molecule is CC.CCCOOCC1CCCN1C(=O)CCCCCNC(=O)c1cn(C)c2nc(C)ccc2c1=O.O=C(O)CCC(=O)N1CCC1. The molecule has 1 atom stereocenters. The number of amides is 3. The lowest BCUT2D eigenvalue weighted by Crippen LogP contribution is -2.42. The average Bonchev–Trinajstić information content (AvgIpc) is 3.50. The average molecular weight is 660 g/mol. The molecule has 2 aliphatic rings. The maximum Gasteiger partial charge on any atom is 0.303 e. The number of aryl methyl sites for hydroxylation is 2. The summed E-state index contributed by atoms with van der Waals surface area (Å²) in [6, 6.07) is 3.57. The predicted octanol–water partition coefficient (Wildman–Crippen LogP) is 3.99. The monoisotopic (exact) mass is 659 g/mol. The predicted molar refractivity (Wildman–Crippen MR) is 179 cm³/mol. The van der Waals surface area contributed by atoms with Gasteiger partial charge < -0.3 is 24.8 Å². The molecule has 0 radical (unpaired) electrons. The van der Waals surface area contributed by atoms with Crippen molar-refractivity contribution in [3.05, 3.63) is 39.8 Å². The topological polar surface area (TPSA) is 160 Å². The number of hydrogen-bond donors (Lipinski definition) is 2. The molecule has 0 aliphatic carbocycles. The summed E-state index contributed by atoms with van der Waals surface area (Å²) in [5.41, 5.74) is 1.17. The van der Waals surface area contributed by atoms with Gasteiger partial charge in [0.1, 0.15) is 17.8 Å². The number of carbonyl (C=O) groups excluding carboxylic acids is 3. The van der Waals surface area contributed by atoms with E-state index in [1.165, 1.54) is 6.20 Å². The van der Waals surface area contributed by atoms with Gasteiger partial charge in [0, 0.05) is 58.0 Å². The normalized spacial score (nSPS) is 15.2. The highest BCUT2D eigenvalue weighted by Gasteiger charge is 2.28. The van der Waals surface area contributed by atoms with Crippen LogP contribution in [0.2, 0.25) is 0 Å². The minimum absolute atomic E-state index is 0.0290. The van der Waals surface area contributed by atoms with Crippen LogP contribution in [-0.2, 0) is 31.2 Å². The molecule has 2 aliphatic heterocycles. The van der Waals surface area contributed by atoms with E-state index in [0.29, 0.717) is 37.2 Å². The second-order valence-corrected chi connectivity index (χ2v) is 11.5.